The lowest BCUT2D eigenvalue weighted by Gasteiger charge is -2.12. The molecular formula is C15H12N2O2. The zero-order valence-electron chi connectivity index (χ0n) is 10.1. The minimum atomic E-state index is -1.26. The third kappa shape index (κ3) is 2.97. The van der Waals surface area contributed by atoms with Gasteiger partial charge in [0, 0.05) is 0 Å². The van der Waals surface area contributed by atoms with Crippen LogP contribution in [0.5, 0.6) is 0 Å². The van der Waals surface area contributed by atoms with E-state index in [1.54, 1.807) is 54.6 Å². The van der Waals surface area contributed by atoms with Gasteiger partial charge >= 0.3 is 0 Å². The van der Waals surface area contributed by atoms with Crippen molar-refractivity contribution < 1.29 is 9.90 Å². The number of aliphatic hydroxyl groups is 1. The normalized spacial score (nSPS) is 11.4. The van der Waals surface area contributed by atoms with Crippen molar-refractivity contribution in [2.24, 2.45) is 0 Å². The fourth-order valence-electron chi connectivity index (χ4n) is 1.68. The number of anilines is 1. The molecule has 1 unspecified atom stereocenters. The van der Waals surface area contributed by atoms with Crippen molar-refractivity contribution in [2.75, 3.05) is 5.32 Å². The molecule has 0 aromatic heterocycles. The second-order valence-corrected chi connectivity index (χ2v) is 3.96. The molecule has 94 valence electrons. The van der Waals surface area contributed by atoms with Gasteiger partial charge in [0.25, 0.3) is 5.91 Å². The van der Waals surface area contributed by atoms with E-state index >= 15 is 0 Å². The molecule has 4 heteroatoms. The van der Waals surface area contributed by atoms with E-state index in [1.807, 2.05) is 6.07 Å². The summed E-state index contributed by atoms with van der Waals surface area (Å²) in [6, 6.07) is 17.3. The molecule has 0 bridgehead atoms. The molecule has 0 heterocycles. The standard InChI is InChI=1S/C15H12N2O2/c16-10-12-8-4-5-9-13(12)17-15(19)14(18)11-6-2-1-3-7-11/h1-9,14,18H,(H,17,19). The molecule has 4 nitrogen and oxygen atoms in total. The van der Waals surface area contributed by atoms with Crippen LogP contribution in [0.1, 0.15) is 17.2 Å². The van der Waals surface area contributed by atoms with Gasteiger partial charge in [-0.2, -0.15) is 5.26 Å². The van der Waals surface area contributed by atoms with Crippen LogP contribution in [0.25, 0.3) is 0 Å². The Morgan fingerprint density at radius 2 is 1.74 bits per heavy atom. The molecule has 0 aliphatic rings. The molecular weight excluding hydrogens is 240 g/mol. The summed E-state index contributed by atoms with van der Waals surface area (Å²) in [6.45, 7) is 0. The molecule has 0 spiro atoms. The zero-order valence-corrected chi connectivity index (χ0v) is 10.1. The van der Waals surface area contributed by atoms with E-state index in [4.69, 9.17) is 5.26 Å². The van der Waals surface area contributed by atoms with Gasteiger partial charge in [0.15, 0.2) is 6.10 Å². The van der Waals surface area contributed by atoms with E-state index in [1.165, 1.54) is 0 Å². The van der Waals surface area contributed by atoms with Crippen molar-refractivity contribution >= 4 is 11.6 Å². The summed E-state index contributed by atoms with van der Waals surface area (Å²) >= 11 is 0. The van der Waals surface area contributed by atoms with Crippen molar-refractivity contribution in [2.45, 2.75) is 6.10 Å². The zero-order chi connectivity index (χ0) is 13.7. The third-order valence-corrected chi connectivity index (χ3v) is 2.67. The number of carbonyl (C=O) groups is 1. The number of benzene rings is 2. The first kappa shape index (κ1) is 12.8. The van der Waals surface area contributed by atoms with Gasteiger partial charge in [0.1, 0.15) is 6.07 Å². The second kappa shape index (κ2) is 5.80. The maximum atomic E-state index is 11.9. The molecule has 2 aromatic rings. The predicted octanol–water partition coefficient (Wildman–Crippen LogP) is 2.23. The fourth-order valence-corrected chi connectivity index (χ4v) is 1.68. The Hall–Kier alpha value is -2.64. The minimum Gasteiger partial charge on any atom is -0.378 e. The molecule has 2 N–H and O–H groups in total. The number of hydrogen-bond acceptors (Lipinski definition) is 3. The number of aliphatic hydroxyl groups excluding tert-OH is 1. The summed E-state index contributed by atoms with van der Waals surface area (Å²) in [7, 11) is 0. The second-order valence-electron chi connectivity index (χ2n) is 3.96. The smallest absolute Gasteiger partial charge is 0.257 e. The number of nitrogens with one attached hydrogen (secondary N) is 1. The van der Waals surface area contributed by atoms with E-state index < -0.39 is 12.0 Å². The van der Waals surface area contributed by atoms with Crippen LogP contribution in [0.3, 0.4) is 0 Å². The first-order valence-corrected chi connectivity index (χ1v) is 5.75. The number of amides is 1. The monoisotopic (exact) mass is 252 g/mol. The third-order valence-electron chi connectivity index (χ3n) is 2.67. The summed E-state index contributed by atoms with van der Waals surface area (Å²) in [4.78, 5) is 11.9. The van der Waals surface area contributed by atoms with Crippen LogP contribution in [0.15, 0.2) is 54.6 Å². The van der Waals surface area contributed by atoms with Crippen LogP contribution >= 0.6 is 0 Å². The highest BCUT2D eigenvalue weighted by Gasteiger charge is 2.17. The molecule has 2 aromatic carbocycles. The Labute approximate surface area is 110 Å². The lowest BCUT2D eigenvalue weighted by Crippen LogP contribution is -2.21. The van der Waals surface area contributed by atoms with Gasteiger partial charge in [-0.05, 0) is 17.7 Å². The van der Waals surface area contributed by atoms with Gasteiger partial charge in [-0.15, -0.1) is 0 Å². The molecule has 0 saturated heterocycles. The lowest BCUT2D eigenvalue weighted by molar-refractivity contribution is -0.124. The van der Waals surface area contributed by atoms with Crippen LogP contribution in [-0.4, -0.2) is 11.0 Å². The molecule has 0 aliphatic carbocycles. The van der Waals surface area contributed by atoms with Crippen molar-refractivity contribution in [1.29, 1.82) is 5.26 Å². The average molecular weight is 252 g/mol. The molecule has 0 aliphatic heterocycles. The number of nitriles is 1. The number of rotatable bonds is 3. The van der Waals surface area contributed by atoms with Crippen LogP contribution in [0.4, 0.5) is 5.69 Å². The maximum absolute atomic E-state index is 11.9. The van der Waals surface area contributed by atoms with E-state index in [2.05, 4.69) is 5.32 Å². The van der Waals surface area contributed by atoms with Gasteiger partial charge in [0.05, 0.1) is 11.3 Å². The molecule has 0 radical (unpaired) electrons. The largest absolute Gasteiger partial charge is 0.378 e. The van der Waals surface area contributed by atoms with Crippen molar-refractivity contribution in [3.63, 3.8) is 0 Å². The molecule has 1 amide bonds. The van der Waals surface area contributed by atoms with Crippen molar-refractivity contribution in [3.8, 4) is 6.07 Å². The Morgan fingerprint density at radius 3 is 2.42 bits per heavy atom. The van der Waals surface area contributed by atoms with Crippen molar-refractivity contribution in [3.05, 3.63) is 65.7 Å². The highest BCUT2D eigenvalue weighted by molar-refractivity contribution is 5.95. The Balaban J connectivity index is 2.16. The number of para-hydroxylation sites is 1. The average Bonchev–Trinajstić information content (AvgIpc) is 2.48. The van der Waals surface area contributed by atoms with Crippen molar-refractivity contribution in [1.82, 2.24) is 0 Å². The Morgan fingerprint density at radius 1 is 1.11 bits per heavy atom. The fraction of sp³-hybridized carbons (Fsp3) is 0.0667. The highest BCUT2D eigenvalue weighted by Crippen LogP contribution is 2.18. The summed E-state index contributed by atoms with van der Waals surface area (Å²) in [5, 5.41) is 21.4. The van der Waals surface area contributed by atoms with Gasteiger partial charge in [-0.3, -0.25) is 4.79 Å². The van der Waals surface area contributed by atoms with Gasteiger partial charge in [0.2, 0.25) is 0 Å². The number of nitrogens with zero attached hydrogens (tertiary/aromatic N) is 1. The summed E-state index contributed by atoms with van der Waals surface area (Å²) in [5.41, 5.74) is 1.26. The van der Waals surface area contributed by atoms with E-state index in [-0.39, 0.29) is 0 Å². The minimum absolute atomic E-state index is 0.358. The Bertz CT molecular complexity index is 618. The summed E-state index contributed by atoms with van der Waals surface area (Å²) in [5.74, 6) is -0.561. The molecule has 19 heavy (non-hydrogen) atoms. The van der Waals surface area contributed by atoms with E-state index in [0.717, 1.165) is 0 Å². The lowest BCUT2D eigenvalue weighted by atomic mass is 10.1. The number of carbonyl (C=O) groups excluding carboxylic acids is 1. The van der Waals surface area contributed by atoms with E-state index in [9.17, 15) is 9.90 Å². The molecule has 0 saturated carbocycles. The predicted molar refractivity (Wildman–Crippen MR) is 71.2 cm³/mol. The topological polar surface area (TPSA) is 73.1 Å². The highest BCUT2D eigenvalue weighted by atomic mass is 16.3. The molecule has 2 rings (SSSR count). The number of hydrogen-bond donors (Lipinski definition) is 2. The van der Waals surface area contributed by atoms with Gasteiger partial charge in [-0.1, -0.05) is 42.5 Å². The SMILES string of the molecule is N#Cc1ccccc1NC(=O)C(O)c1ccccc1. The first-order valence-electron chi connectivity index (χ1n) is 5.75. The molecule has 1 atom stereocenters. The Kier molecular flexibility index (Phi) is 3.91. The van der Waals surface area contributed by atoms with E-state index in [0.29, 0.717) is 16.8 Å². The quantitative estimate of drug-likeness (QED) is 0.879. The van der Waals surface area contributed by atoms with Gasteiger partial charge in [-0.25, -0.2) is 0 Å². The van der Waals surface area contributed by atoms with Crippen LogP contribution in [-0.2, 0) is 4.79 Å². The summed E-state index contributed by atoms with van der Waals surface area (Å²) in [6.07, 6.45) is -1.26. The summed E-state index contributed by atoms with van der Waals surface area (Å²) < 4.78 is 0. The van der Waals surface area contributed by atoms with Crippen LogP contribution < -0.4 is 5.32 Å². The maximum Gasteiger partial charge on any atom is 0.257 e. The van der Waals surface area contributed by atoms with Gasteiger partial charge < -0.3 is 10.4 Å². The van der Waals surface area contributed by atoms with Crippen LogP contribution in [0.2, 0.25) is 0 Å². The molecule has 0 fully saturated rings. The van der Waals surface area contributed by atoms with Crippen LogP contribution in [0, 0.1) is 11.3 Å². The first-order chi connectivity index (χ1) is 9.22.